The number of hydrogen-bond donors (Lipinski definition) is 1. The molecule has 0 unspecified atom stereocenters. The SMILES string of the molecule is CCCCCCCCC(CCCCCCCC)OC(=O)CCCCCCCN(CCCCCCCC)CCCNc1c(C)c(=O)c1=O. The van der Waals surface area contributed by atoms with E-state index in [4.69, 9.17) is 4.74 Å². The molecule has 0 aliphatic carbocycles. The Hall–Kier alpha value is -1.69. The molecule has 47 heavy (non-hydrogen) atoms. The minimum atomic E-state index is -0.360. The van der Waals surface area contributed by atoms with Gasteiger partial charge in [-0.2, -0.15) is 0 Å². The second kappa shape index (κ2) is 30.4. The standard InChI is InChI=1S/C41H76N2O4/c1-5-8-11-14-18-23-29-37(30-24-19-15-12-9-6-2)47-38(44)31-25-20-17-22-27-34-43(33-26-21-16-13-10-7-3)35-28-32-42-39-36(4)40(45)41(39)46/h37,42H,5-35H2,1-4H3. The Kier molecular flexibility index (Phi) is 28.0. The fraction of sp³-hybridized carbons (Fsp3) is 0.878. The van der Waals surface area contributed by atoms with Gasteiger partial charge in [0.05, 0.1) is 5.69 Å². The topological polar surface area (TPSA) is 75.7 Å². The lowest BCUT2D eigenvalue weighted by atomic mass is 10.0. The zero-order valence-electron chi connectivity index (χ0n) is 31.6. The fourth-order valence-electron chi connectivity index (χ4n) is 6.63. The Morgan fingerprint density at radius 1 is 0.574 bits per heavy atom. The van der Waals surface area contributed by atoms with Crippen molar-refractivity contribution in [1.29, 1.82) is 0 Å². The van der Waals surface area contributed by atoms with Crippen molar-refractivity contribution in [2.45, 2.75) is 207 Å². The third-order valence-electron chi connectivity index (χ3n) is 9.84. The molecule has 0 saturated heterocycles. The van der Waals surface area contributed by atoms with E-state index in [9.17, 15) is 14.4 Å². The van der Waals surface area contributed by atoms with Crippen molar-refractivity contribution in [3.8, 4) is 0 Å². The largest absolute Gasteiger partial charge is 0.462 e. The van der Waals surface area contributed by atoms with Crippen molar-refractivity contribution >= 4 is 11.7 Å². The van der Waals surface area contributed by atoms with E-state index in [1.54, 1.807) is 6.92 Å². The minimum absolute atomic E-state index is 0.0182. The molecule has 1 aromatic carbocycles. The van der Waals surface area contributed by atoms with E-state index >= 15 is 0 Å². The highest BCUT2D eigenvalue weighted by molar-refractivity contribution is 5.69. The molecule has 0 bridgehead atoms. The minimum Gasteiger partial charge on any atom is -0.462 e. The van der Waals surface area contributed by atoms with E-state index in [0.717, 1.165) is 58.3 Å². The van der Waals surface area contributed by atoms with Crippen LogP contribution in [-0.2, 0) is 9.53 Å². The van der Waals surface area contributed by atoms with E-state index < -0.39 is 0 Å². The van der Waals surface area contributed by atoms with Gasteiger partial charge in [0.1, 0.15) is 6.10 Å². The Morgan fingerprint density at radius 3 is 1.49 bits per heavy atom. The lowest BCUT2D eigenvalue weighted by Crippen LogP contribution is -2.37. The molecule has 0 aliphatic rings. The van der Waals surface area contributed by atoms with Gasteiger partial charge in [0.2, 0.25) is 10.9 Å². The monoisotopic (exact) mass is 661 g/mol. The smallest absolute Gasteiger partial charge is 0.306 e. The summed E-state index contributed by atoms with van der Waals surface area (Å²) in [4.78, 5) is 38.5. The molecule has 0 spiro atoms. The quantitative estimate of drug-likeness (QED) is 0.0443. The molecule has 0 fully saturated rings. The molecule has 0 amide bonds. The maximum absolute atomic E-state index is 12.7. The van der Waals surface area contributed by atoms with Crippen LogP contribution in [-0.4, -0.2) is 43.2 Å². The van der Waals surface area contributed by atoms with E-state index in [1.807, 2.05) is 0 Å². The van der Waals surface area contributed by atoms with Crippen LogP contribution < -0.4 is 16.2 Å². The molecule has 0 aromatic heterocycles. The number of carbonyl (C=O) groups excluding carboxylic acids is 1. The highest BCUT2D eigenvalue weighted by Crippen LogP contribution is 2.18. The van der Waals surface area contributed by atoms with Crippen LogP contribution in [0.25, 0.3) is 0 Å². The van der Waals surface area contributed by atoms with Gasteiger partial charge < -0.3 is 15.0 Å². The van der Waals surface area contributed by atoms with Crippen LogP contribution in [0.15, 0.2) is 9.59 Å². The second-order valence-electron chi connectivity index (χ2n) is 14.3. The maximum atomic E-state index is 12.7. The van der Waals surface area contributed by atoms with Gasteiger partial charge in [-0.25, -0.2) is 0 Å². The van der Waals surface area contributed by atoms with Gasteiger partial charge in [0.15, 0.2) is 0 Å². The average molecular weight is 661 g/mol. The Bertz CT molecular complexity index is 922. The summed E-state index contributed by atoms with van der Waals surface area (Å²) < 4.78 is 6.03. The summed E-state index contributed by atoms with van der Waals surface area (Å²) in [6.45, 7) is 12.5. The van der Waals surface area contributed by atoms with Gasteiger partial charge in [-0.3, -0.25) is 14.4 Å². The van der Waals surface area contributed by atoms with Gasteiger partial charge in [0, 0.05) is 18.5 Å². The second-order valence-corrected chi connectivity index (χ2v) is 14.3. The first kappa shape index (κ1) is 43.3. The molecule has 0 heterocycles. The van der Waals surface area contributed by atoms with Crippen LogP contribution in [0.1, 0.15) is 200 Å². The first-order chi connectivity index (χ1) is 22.9. The summed E-state index contributed by atoms with van der Waals surface area (Å²) in [5.74, 6) is 0.0182. The van der Waals surface area contributed by atoms with Gasteiger partial charge in [-0.05, 0) is 77.9 Å². The van der Waals surface area contributed by atoms with Crippen LogP contribution in [0.5, 0.6) is 0 Å². The van der Waals surface area contributed by atoms with E-state index in [-0.39, 0.29) is 22.9 Å². The summed E-state index contributed by atoms with van der Waals surface area (Å²) in [6.07, 6.45) is 32.5. The third-order valence-corrected chi connectivity index (χ3v) is 9.84. The molecular formula is C41H76N2O4. The van der Waals surface area contributed by atoms with Crippen LogP contribution >= 0.6 is 0 Å². The summed E-state index contributed by atoms with van der Waals surface area (Å²) in [5, 5.41) is 3.19. The number of rotatable bonds is 35. The lowest BCUT2D eigenvalue weighted by molar-refractivity contribution is -0.150. The highest BCUT2D eigenvalue weighted by Gasteiger charge is 2.16. The predicted molar refractivity (Wildman–Crippen MR) is 203 cm³/mol. The number of unbranched alkanes of at least 4 members (excludes halogenated alkanes) is 19. The van der Waals surface area contributed by atoms with Crippen LogP contribution in [0.2, 0.25) is 0 Å². The summed E-state index contributed by atoms with van der Waals surface area (Å²) in [5.41, 5.74) is 0.395. The molecule has 0 radical (unpaired) electrons. The first-order valence-corrected chi connectivity index (χ1v) is 20.4. The van der Waals surface area contributed by atoms with Gasteiger partial charge in [-0.15, -0.1) is 0 Å². The molecule has 6 nitrogen and oxygen atoms in total. The lowest BCUT2D eigenvalue weighted by Gasteiger charge is -2.23. The van der Waals surface area contributed by atoms with E-state index in [1.165, 1.54) is 135 Å². The Morgan fingerprint density at radius 2 is 1.00 bits per heavy atom. The molecule has 274 valence electrons. The maximum Gasteiger partial charge on any atom is 0.306 e. The van der Waals surface area contributed by atoms with Crippen LogP contribution in [0, 0.1) is 6.92 Å². The summed E-state index contributed by atoms with van der Waals surface area (Å²) >= 11 is 0. The summed E-state index contributed by atoms with van der Waals surface area (Å²) in [6, 6.07) is 0. The molecule has 0 aliphatic heterocycles. The normalized spacial score (nSPS) is 11.7. The number of esters is 1. The summed E-state index contributed by atoms with van der Waals surface area (Å²) in [7, 11) is 0. The van der Waals surface area contributed by atoms with Crippen molar-refractivity contribution in [1.82, 2.24) is 4.90 Å². The Labute approximate surface area is 290 Å². The molecule has 1 aromatic rings. The van der Waals surface area contributed by atoms with Crippen molar-refractivity contribution in [3.63, 3.8) is 0 Å². The molecule has 0 atom stereocenters. The van der Waals surface area contributed by atoms with Crippen LogP contribution in [0.4, 0.5) is 5.69 Å². The first-order valence-electron chi connectivity index (χ1n) is 20.4. The number of carbonyl (C=O) groups is 1. The molecular weight excluding hydrogens is 584 g/mol. The fourth-order valence-corrected chi connectivity index (χ4v) is 6.63. The number of anilines is 1. The number of ether oxygens (including phenoxy) is 1. The third kappa shape index (κ3) is 22.5. The van der Waals surface area contributed by atoms with E-state index in [2.05, 4.69) is 31.0 Å². The van der Waals surface area contributed by atoms with Crippen LogP contribution in [0.3, 0.4) is 0 Å². The van der Waals surface area contributed by atoms with Gasteiger partial charge >= 0.3 is 5.97 Å². The molecule has 0 saturated carbocycles. The number of nitrogens with zero attached hydrogens (tertiary/aromatic N) is 1. The highest BCUT2D eigenvalue weighted by atomic mass is 16.5. The van der Waals surface area contributed by atoms with Crippen molar-refractivity contribution in [3.05, 3.63) is 26.0 Å². The Balaban J connectivity index is 2.31. The zero-order chi connectivity index (χ0) is 34.4. The van der Waals surface area contributed by atoms with Crippen molar-refractivity contribution in [2.24, 2.45) is 0 Å². The molecule has 1 N–H and O–H groups in total. The van der Waals surface area contributed by atoms with Crippen molar-refractivity contribution < 1.29 is 9.53 Å². The van der Waals surface area contributed by atoms with Gasteiger partial charge in [-0.1, -0.05) is 136 Å². The average Bonchev–Trinajstić information content (AvgIpc) is 3.07. The number of nitrogens with one attached hydrogen (secondary N) is 1. The number of hydrogen-bond acceptors (Lipinski definition) is 6. The van der Waals surface area contributed by atoms with Crippen molar-refractivity contribution in [2.75, 3.05) is 31.5 Å². The molecule has 1 rings (SSSR count). The molecule has 6 heteroatoms. The predicted octanol–water partition coefficient (Wildman–Crippen LogP) is 10.8. The zero-order valence-corrected chi connectivity index (χ0v) is 31.6. The van der Waals surface area contributed by atoms with E-state index in [0.29, 0.717) is 17.7 Å². The van der Waals surface area contributed by atoms with Gasteiger partial charge in [0.25, 0.3) is 0 Å².